The van der Waals surface area contributed by atoms with Crippen molar-refractivity contribution >= 4 is 10.0 Å². The predicted octanol–water partition coefficient (Wildman–Crippen LogP) is -0.208. The molecule has 0 heterocycles. The minimum absolute atomic E-state index is 0. The Balaban J connectivity index is 0. The number of hydrogen-bond donors (Lipinski definition) is 1. The van der Waals surface area contributed by atoms with Crippen LogP contribution in [-0.4, -0.2) is 13.9 Å². The van der Waals surface area contributed by atoms with Crippen molar-refractivity contribution in [2.45, 2.75) is 5.51 Å². The van der Waals surface area contributed by atoms with E-state index in [0.29, 0.717) is 0 Å². The Morgan fingerprint density at radius 1 is 1.22 bits per heavy atom. The minimum Gasteiger partial charge on any atom is -0.221 e. The van der Waals surface area contributed by atoms with Crippen molar-refractivity contribution in [2.24, 2.45) is 5.14 Å². The van der Waals surface area contributed by atoms with E-state index >= 15 is 0 Å². The van der Waals surface area contributed by atoms with E-state index in [1.807, 2.05) is 0 Å². The maximum atomic E-state index is 10.8. The number of rotatable bonds is 0. The monoisotopic (exact) mass is 213 g/mol. The summed E-state index contributed by atoms with van der Waals surface area (Å²) < 4.78 is 51.2. The van der Waals surface area contributed by atoms with Gasteiger partial charge in [0.05, 0.1) is 0 Å². The molecule has 0 spiro atoms. The van der Waals surface area contributed by atoms with Gasteiger partial charge in [0, 0.05) is 0 Å². The van der Waals surface area contributed by atoms with Crippen LogP contribution in [0.2, 0.25) is 0 Å². The molecule has 0 atom stereocenters. The van der Waals surface area contributed by atoms with Crippen LogP contribution in [0.4, 0.5) is 13.2 Å². The number of hydrogen-bond acceptors (Lipinski definition) is 2. The van der Waals surface area contributed by atoms with E-state index in [9.17, 15) is 21.6 Å². The normalized spacial score (nSPS) is 12.4. The first-order valence-corrected chi connectivity index (χ1v) is 2.89. The summed E-state index contributed by atoms with van der Waals surface area (Å²) in [7, 11) is -5.34. The van der Waals surface area contributed by atoms with E-state index in [-0.39, 0.29) is 19.5 Å². The minimum atomic E-state index is -5.34. The van der Waals surface area contributed by atoms with Crippen LogP contribution in [0.3, 0.4) is 0 Å². The van der Waals surface area contributed by atoms with Gasteiger partial charge in [0.25, 0.3) is 0 Å². The fraction of sp³-hybridized carbons (Fsp3) is 1.00. The summed E-state index contributed by atoms with van der Waals surface area (Å²) in [4.78, 5) is 0. The Kier molecular flexibility index (Phi) is 3.93. The molecule has 8 heteroatoms. The molecule has 2 N–H and O–H groups in total. The Bertz CT molecular complexity index is 171. The van der Waals surface area contributed by atoms with Gasteiger partial charge in [0.15, 0.2) is 0 Å². The zero-order valence-electron chi connectivity index (χ0n) is 4.14. The Morgan fingerprint density at radius 2 is 1.33 bits per heavy atom. The SMILES string of the molecule is NS(=O)(=O)C(F)(F)F.[Zn+2]. The molecule has 0 aliphatic rings. The van der Waals surface area contributed by atoms with Crippen LogP contribution in [0, 0.1) is 0 Å². The van der Waals surface area contributed by atoms with Crippen LogP contribution in [0.15, 0.2) is 0 Å². The van der Waals surface area contributed by atoms with Crippen LogP contribution in [0.5, 0.6) is 0 Å². The van der Waals surface area contributed by atoms with Gasteiger partial charge in [0.1, 0.15) is 0 Å². The summed E-state index contributed by atoms with van der Waals surface area (Å²) in [6.45, 7) is 0. The molecule has 0 radical (unpaired) electrons. The third-order valence-corrected chi connectivity index (χ3v) is 0.968. The molecule has 0 aromatic heterocycles. The van der Waals surface area contributed by atoms with Crippen molar-refractivity contribution in [1.82, 2.24) is 0 Å². The summed E-state index contributed by atoms with van der Waals surface area (Å²) >= 11 is 0. The van der Waals surface area contributed by atoms with Crippen molar-refractivity contribution in [1.29, 1.82) is 0 Å². The maximum Gasteiger partial charge on any atom is 2.00 e. The van der Waals surface area contributed by atoms with Crippen molar-refractivity contribution in [3.05, 3.63) is 0 Å². The Hall–Kier alpha value is 0.323. The molecule has 50 valence electrons. The number of sulfonamides is 1. The van der Waals surface area contributed by atoms with E-state index in [0.717, 1.165) is 0 Å². The van der Waals surface area contributed by atoms with Gasteiger partial charge in [0.2, 0.25) is 0 Å². The standard InChI is InChI=1S/CH2F3NO2S.Zn/c2-1(3,4)8(5,6)7;/h(H2,5,6,7);/q;+2. The van der Waals surface area contributed by atoms with E-state index in [2.05, 4.69) is 5.14 Å². The van der Waals surface area contributed by atoms with Crippen molar-refractivity contribution in [2.75, 3.05) is 0 Å². The van der Waals surface area contributed by atoms with Crippen LogP contribution in [0.25, 0.3) is 0 Å². The number of nitrogens with two attached hydrogens (primary N) is 1. The largest absolute Gasteiger partial charge is 2.00 e. The van der Waals surface area contributed by atoms with Crippen molar-refractivity contribution in [3.8, 4) is 0 Å². The number of primary sulfonamides is 1. The molecule has 0 aromatic carbocycles. The summed E-state index contributed by atoms with van der Waals surface area (Å²) in [5.74, 6) is 0. The molecule has 0 unspecified atom stereocenters. The smallest absolute Gasteiger partial charge is 0.221 e. The molecule has 0 aliphatic carbocycles. The summed E-state index contributed by atoms with van der Waals surface area (Å²) in [5, 5.41) is 3.66. The second kappa shape index (κ2) is 2.94. The number of halogens is 3. The van der Waals surface area contributed by atoms with Crippen LogP contribution < -0.4 is 5.14 Å². The van der Waals surface area contributed by atoms with Crippen molar-refractivity contribution < 1.29 is 41.1 Å². The first-order valence-electron chi connectivity index (χ1n) is 1.34. The fourth-order valence-corrected chi connectivity index (χ4v) is 0. The van der Waals surface area contributed by atoms with Gasteiger partial charge >= 0.3 is 35.0 Å². The molecule has 0 bridgehead atoms. The van der Waals surface area contributed by atoms with Gasteiger partial charge in [-0.3, -0.25) is 0 Å². The average molecular weight is 214 g/mol. The van der Waals surface area contributed by atoms with E-state index < -0.39 is 15.5 Å². The molecule has 0 rings (SSSR count). The van der Waals surface area contributed by atoms with Gasteiger partial charge in [-0.15, -0.1) is 0 Å². The van der Waals surface area contributed by atoms with Gasteiger partial charge in [-0.05, 0) is 0 Å². The first-order chi connectivity index (χ1) is 3.25. The van der Waals surface area contributed by atoms with E-state index in [1.165, 1.54) is 0 Å². The quantitative estimate of drug-likeness (QED) is 0.568. The average Bonchev–Trinajstić information content (AvgIpc) is 1.25. The van der Waals surface area contributed by atoms with E-state index in [4.69, 9.17) is 0 Å². The van der Waals surface area contributed by atoms with Gasteiger partial charge in [-0.1, -0.05) is 0 Å². The molecule has 3 nitrogen and oxygen atoms in total. The second-order valence-corrected chi connectivity index (χ2v) is 2.54. The second-order valence-electron chi connectivity index (χ2n) is 0.991. The summed E-state index contributed by atoms with van der Waals surface area (Å²) in [6.07, 6.45) is 0. The Labute approximate surface area is 62.2 Å². The third-order valence-electron chi connectivity index (χ3n) is 0.323. The van der Waals surface area contributed by atoms with Crippen LogP contribution in [0.1, 0.15) is 0 Å². The maximum absolute atomic E-state index is 10.8. The topological polar surface area (TPSA) is 60.2 Å². The molecule has 0 amide bonds. The van der Waals surface area contributed by atoms with E-state index in [1.54, 1.807) is 0 Å². The van der Waals surface area contributed by atoms with Crippen LogP contribution in [-0.2, 0) is 29.5 Å². The fourth-order valence-electron chi connectivity index (χ4n) is 0. The molecular formula is CH2F3NO2SZn+2. The summed E-state index contributed by atoms with van der Waals surface area (Å²) in [6, 6.07) is 0. The van der Waals surface area contributed by atoms with Crippen molar-refractivity contribution in [3.63, 3.8) is 0 Å². The molecule has 0 saturated carbocycles. The third kappa shape index (κ3) is 3.83. The van der Waals surface area contributed by atoms with Gasteiger partial charge < -0.3 is 0 Å². The number of alkyl halides is 3. The molecule has 0 saturated heterocycles. The van der Waals surface area contributed by atoms with Gasteiger partial charge in [-0.25, -0.2) is 13.6 Å². The predicted molar refractivity (Wildman–Crippen MR) is 19.2 cm³/mol. The molecular weight excluding hydrogens is 212 g/mol. The zero-order chi connectivity index (χ0) is 7.00. The molecule has 0 aliphatic heterocycles. The van der Waals surface area contributed by atoms with Crippen LogP contribution >= 0.6 is 0 Å². The molecule has 0 fully saturated rings. The first kappa shape index (κ1) is 12.0. The summed E-state index contributed by atoms with van der Waals surface area (Å²) in [5.41, 5.74) is -5.31. The van der Waals surface area contributed by atoms with Gasteiger partial charge in [-0.2, -0.15) is 13.2 Å². The Morgan fingerprint density at radius 3 is 1.33 bits per heavy atom. The zero-order valence-corrected chi connectivity index (χ0v) is 7.93. The molecule has 0 aromatic rings. The molecule has 9 heavy (non-hydrogen) atoms.